The van der Waals surface area contributed by atoms with E-state index in [4.69, 9.17) is 4.74 Å². The fraction of sp³-hybridized carbons (Fsp3) is 0.593. The van der Waals surface area contributed by atoms with Gasteiger partial charge in [0.05, 0.1) is 18.0 Å². The number of carbonyl (C=O) groups is 2. The molecule has 3 N–H and O–H groups in total. The van der Waals surface area contributed by atoms with Crippen LogP contribution in [0.5, 0.6) is 0 Å². The predicted octanol–water partition coefficient (Wildman–Crippen LogP) is 2.82. The van der Waals surface area contributed by atoms with Crippen LogP contribution < -0.4 is 5.32 Å². The van der Waals surface area contributed by atoms with Crippen LogP contribution in [0.3, 0.4) is 0 Å². The molecule has 1 aromatic rings. The van der Waals surface area contributed by atoms with Crippen LogP contribution in [0, 0.1) is 17.1 Å². The fourth-order valence-electron chi connectivity index (χ4n) is 5.16. The lowest BCUT2D eigenvalue weighted by Crippen LogP contribution is -2.57. The van der Waals surface area contributed by atoms with Crippen LogP contribution in [0.4, 0.5) is 18.0 Å². The molecule has 2 aliphatic rings. The van der Waals surface area contributed by atoms with Crippen molar-refractivity contribution in [1.29, 1.82) is 5.26 Å². The standard InChI is InChI=1S/C27H36BF3N4O5/c1-25(2,34-13-11-27(30,31)17-34)15-20(16-32)23(36)35-12-5-4-10-26(35,3)18-40-24(37)33-22(28(38)39)14-19-6-8-21(29)9-7-19/h6-9,15,22,38-39H,4-5,10-14,17-18H2,1-3H3,(H,33,37)/t22-,26?/m0/s1. The monoisotopic (exact) mass is 564 g/mol. The molecule has 0 bridgehead atoms. The number of piperidine rings is 1. The van der Waals surface area contributed by atoms with Gasteiger partial charge in [-0.2, -0.15) is 5.26 Å². The number of carbonyl (C=O) groups excluding carboxylic acids is 2. The number of likely N-dealkylation sites (tertiary alicyclic amines) is 2. The Balaban J connectivity index is 1.68. The summed E-state index contributed by atoms with van der Waals surface area (Å²) in [5.41, 5.74) is -1.54. The number of benzene rings is 1. The summed E-state index contributed by atoms with van der Waals surface area (Å²) in [5, 5.41) is 31.7. The molecule has 2 fully saturated rings. The molecule has 2 atom stereocenters. The highest BCUT2D eigenvalue weighted by Gasteiger charge is 2.44. The minimum atomic E-state index is -2.82. The molecule has 0 aromatic heterocycles. The number of alkyl halides is 2. The van der Waals surface area contributed by atoms with Crippen molar-refractivity contribution in [2.24, 2.45) is 0 Å². The molecule has 0 aliphatic carbocycles. The maximum absolute atomic E-state index is 13.8. The summed E-state index contributed by atoms with van der Waals surface area (Å²) in [6.07, 6.45) is 2.09. The van der Waals surface area contributed by atoms with Crippen LogP contribution in [-0.4, -0.2) is 88.1 Å². The predicted molar refractivity (Wildman–Crippen MR) is 141 cm³/mol. The number of nitrogens with one attached hydrogen (secondary N) is 1. The first-order chi connectivity index (χ1) is 18.7. The van der Waals surface area contributed by atoms with Gasteiger partial charge < -0.3 is 25.0 Å². The second-order valence-corrected chi connectivity index (χ2v) is 11.3. The highest BCUT2D eigenvalue weighted by atomic mass is 19.3. The quantitative estimate of drug-likeness (QED) is 0.239. The molecular formula is C27H36BF3N4O5. The minimum absolute atomic E-state index is 0.00395. The second-order valence-electron chi connectivity index (χ2n) is 11.3. The number of hydrogen-bond acceptors (Lipinski definition) is 7. The summed E-state index contributed by atoms with van der Waals surface area (Å²) >= 11 is 0. The van der Waals surface area contributed by atoms with E-state index in [1.54, 1.807) is 25.7 Å². The number of ether oxygens (including phenoxy) is 1. The zero-order chi connectivity index (χ0) is 29.7. The largest absolute Gasteiger partial charge is 0.475 e. The van der Waals surface area contributed by atoms with Crippen LogP contribution in [0.25, 0.3) is 0 Å². The summed E-state index contributed by atoms with van der Waals surface area (Å²) < 4.78 is 46.2. The Morgan fingerprint density at radius 3 is 2.48 bits per heavy atom. The van der Waals surface area contributed by atoms with E-state index in [0.717, 1.165) is 6.42 Å². The van der Waals surface area contributed by atoms with E-state index in [0.29, 0.717) is 24.9 Å². The SMILES string of the molecule is CC(C)(C=C(C#N)C(=O)N1CCCCC1(C)COC(=O)N[C@@H](Cc1ccc(F)cc1)B(O)O)N1CCC(F)(F)C1. The maximum atomic E-state index is 13.8. The zero-order valence-electron chi connectivity index (χ0n) is 23.0. The third kappa shape index (κ3) is 7.99. The molecule has 3 rings (SSSR count). The second kappa shape index (κ2) is 12.6. The van der Waals surface area contributed by atoms with Gasteiger partial charge in [0.1, 0.15) is 24.1 Å². The molecule has 2 heterocycles. The van der Waals surface area contributed by atoms with Crippen molar-refractivity contribution in [2.45, 2.75) is 75.8 Å². The van der Waals surface area contributed by atoms with Crippen molar-refractivity contribution in [3.8, 4) is 6.07 Å². The van der Waals surface area contributed by atoms with Crippen molar-refractivity contribution in [3.63, 3.8) is 0 Å². The third-order valence-corrected chi connectivity index (χ3v) is 7.62. The van der Waals surface area contributed by atoms with Gasteiger partial charge in [-0.3, -0.25) is 9.69 Å². The van der Waals surface area contributed by atoms with Gasteiger partial charge in [0.25, 0.3) is 11.8 Å². The summed E-state index contributed by atoms with van der Waals surface area (Å²) in [5.74, 6) is -4.99. The molecule has 2 amide bonds. The van der Waals surface area contributed by atoms with Gasteiger partial charge in [-0.1, -0.05) is 12.1 Å². The van der Waals surface area contributed by atoms with E-state index in [-0.39, 0.29) is 31.6 Å². The fourth-order valence-corrected chi connectivity index (χ4v) is 5.16. The Morgan fingerprint density at radius 1 is 1.23 bits per heavy atom. The lowest BCUT2D eigenvalue weighted by atomic mass is 9.76. The van der Waals surface area contributed by atoms with Gasteiger partial charge in [-0.05, 0) is 70.2 Å². The van der Waals surface area contributed by atoms with Gasteiger partial charge >= 0.3 is 13.2 Å². The molecule has 0 spiro atoms. The molecule has 40 heavy (non-hydrogen) atoms. The number of halogens is 3. The Morgan fingerprint density at radius 2 is 1.90 bits per heavy atom. The smallest absolute Gasteiger partial charge is 0.447 e. The lowest BCUT2D eigenvalue weighted by molar-refractivity contribution is -0.136. The van der Waals surface area contributed by atoms with E-state index in [9.17, 15) is 38.1 Å². The average molecular weight is 564 g/mol. The van der Waals surface area contributed by atoms with Crippen LogP contribution >= 0.6 is 0 Å². The third-order valence-electron chi connectivity index (χ3n) is 7.62. The van der Waals surface area contributed by atoms with E-state index in [2.05, 4.69) is 5.32 Å². The van der Waals surface area contributed by atoms with E-state index in [1.165, 1.54) is 35.2 Å². The highest BCUT2D eigenvalue weighted by Crippen LogP contribution is 2.34. The van der Waals surface area contributed by atoms with Crippen LogP contribution in [0.1, 0.15) is 52.0 Å². The Labute approximate surface area is 232 Å². The van der Waals surface area contributed by atoms with Gasteiger partial charge in [0.15, 0.2) is 0 Å². The number of rotatable bonds is 9. The molecule has 1 aromatic carbocycles. The van der Waals surface area contributed by atoms with Gasteiger partial charge in [0, 0.05) is 25.0 Å². The zero-order valence-corrected chi connectivity index (χ0v) is 23.0. The van der Waals surface area contributed by atoms with Gasteiger partial charge in [0.2, 0.25) is 0 Å². The van der Waals surface area contributed by atoms with Crippen molar-refractivity contribution >= 4 is 19.1 Å². The van der Waals surface area contributed by atoms with Crippen molar-refractivity contribution in [3.05, 3.63) is 47.3 Å². The Bertz CT molecular complexity index is 1140. The van der Waals surface area contributed by atoms with Crippen molar-refractivity contribution in [1.82, 2.24) is 15.1 Å². The molecule has 1 unspecified atom stereocenters. The Kier molecular flexibility index (Phi) is 9.92. The number of hydrogen-bond donors (Lipinski definition) is 3. The first-order valence-electron chi connectivity index (χ1n) is 13.3. The number of nitriles is 1. The molecule has 2 saturated heterocycles. The summed E-state index contributed by atoms with van der Waals surface area (Å²) in [6, 6.07) is 7.28. The Hall–Kier alpha value is -3.08. The van der Waals surface area contributed by atoms with E-state index >= 15 is 0 Å². The molecule has 0 radical (unpaired) electrons. The normalized spacial score (nSPS) is 22.4. The highest BCUT2D eigenvalue weighted by molar-refractivity contribution is 6.43. The molecule has 13 heteroatoms. The number of nitrogens with zero attached hydrogens (tertiary/aromatic N) is 3. The molecule has 2 aliphatic heterocycles. The van der Waals surface area contributed by atoms with E-state index in [1.807, 2.05) is 6.07 Å². The van der Waals surface area contributed by atoms with Crippen LogP contribution in [0.15, 0.2) is 35.9 Å². The van der Waals surface area contributed by atoms with Gasteiger partial charge in [-0.15, -0.1) is 0 Å². The van der Waals surface area contributed by atoms with Crippen LogP contribution in [0.2, 0.25) is 0 Å². The molecule has 9 nitrogen and oxygen atoms in total. The molecule has 0 saturated carbocycles. The van der Waals surface area contributed by atoms with E-state index < -0.39 is 54.4 Å². The lowest BCUT2D eigenvalue weighted by Gasteiger charge is -2.44. The average Bonchev–Trinajstić information content (AvgIpc) is 3.27. The summed E-state index contributed by atoms with van der Waals surface area (Å²) in [6.45, 7) is 4.85. The van der Waals surface area contributed by atoms with Crippen molar-refractivity contribution < 1.29 is 37.5 Å². The topological polar surface area (TPSA) is 126 Å². The van der Waals surface area contributed by atoms with Gasteiger partial charge in [-0.25, -0.2) is 18.0 Å². The first kappa shape index (κ1) is 31.5. The molecular weight excluding hydrogens is 528 g/mol. The summed E-state index contributed by atoms with van der Waals surface area (Å²) in [4.78, 5) is 29.1. The summed E-state index contributed by atoms with van der Waals surface area (Å²) in [7, 11) is -1.91. The number of alkyl carbamates (subject to hydrolysis) is 1. The van der Waals surface area contributed by atoms with Crippen LogP contribution in [-0.2, 0) is 16.0 Å². The molecule has 218 valence electrons. The first-order valence-corrected chi connectivity index (χ1v) is 13.3. The minimum Gasteiger partial charge on any atom is -0.447 e. The van der Waals surface area contributed by atoms with Crippen molar-refractivity contribution in [2.75, 3.05) is 26.2 Å². The maximum Gasteiger partial charge on any atom is 0.475 e. The number of amides is 2.